The zero-order valence-corrected chi connectivity index (χ0v) is 16.9. The van der Waals surface area contributed by atoms with Gasteiger partial charge in [0.25, 0.3) is 0 Å². The third-order valence-electron chi connectivity index (χ3n) is 4.76. The van der Waals surface area contributed by atoms with Crippen molar-refractivity contribution in [1.82, 2.24) is 10.3 Å². The molecule has 2 unspecified atom stereocenters. The lowest BCUT2D eigenvalue weighted by Gasteiger charge is -2.26. The number of hydrogen-bond donors (Lipinski definition) is 4. The fourth-order valence-corrected chi connectivity index (χ4v) is 3.07. The SMILES string of the molecule is CCC(C)Oc1ccc(C2N=C(NC#N)Nc3nc(N)c(C#N)c(N)c32)cc1OC. The second-order valence-corrected chi connectivity index (χ2v) is 6.65. The standard InChI is InChI=1S/C20H22N8O2/c1-4-10(2)30-13-6-5-11(7-14(13)29-3)17-15-16(23)12(8-21)18(24)27-19(15)28-20(26-17)25-9-22/h5-7,10,17H,4H2,1-3H3,(H6,23,24,25,26,27,28). The van der Waals surface area contributed by atoms with Crippen molar-refractivity contribution in [3.8, 4) is 23.8 Å². The van der Waals surface area contributed by atoms with E-state index < -0.39 is 6.04 Å². The summed E-state index contributed by atoms with van der Waals surface area (Å²) in [4.78, 5) is 8.78. The van der Waals surface area contributed by atoms with E-state index in [1.807, 2.05) is 32.2 Å². The molecule has 2 aromatic rings. The first kappa shape index (κ1) is 20.6. The Morgan fingerprint density at radius 2 is 2.07 bits per heavy atom. The minimum Gasteiger partial charge on any atom is -0.493 e. The monoisotopic (exact) mass is 406 g/mol. The van der Waals surface area contributed by atoms with Crippen molar-refractivity contribution in [2.75, 3.05) is 23.9 Å². The second-order valence-electron chi connectivity index (χ2n) is 6.65. The summed E-state index contributed by atoms with van der Waals surface area (Å²) >= 11 is 0. The van der Waals surface area contributed by atoms with E-state index in [0.717, 1.165) is 6.42 Å². The molecule has 2 heterocycles. The van der Waals surface area contributed by atoms with Crippen LogP contribution in [0.4, 0.5) is 17.3 Å². The molecule has 1 aromatic carbocycles. The van der Waals surface area contributed by atoms with E-state index in [1.165, 1.54) is 0 Å². The molecule has 0 spiro atoms. The highest BCUT2D eigenvalue weighted by molar-refractivity contribution is 5.98. The molecule has 0 radical (unpaired) electrons. The highest BCUT2D eigenvalue weighted by Crippen LogP contribution is 2.42. The summed E-state index contributed by atoms with van der Waals surface area (Å²) in [6, 6.07) is 6.74. The van der Waals surface area contributed by atoms with Crippen molar-refractivity contribution in [2.24, 2.45) is 4.99 Å². The summed E-state index contributed by atoms with van der Waals surface area (Å²) in [6.45, 7) is 4.00. The Labute approximate surface area is 174 Å². The number of guanidine groups is 1. The van der Waals surface area contributed by atoms with Crippen LogP contribution in [0.25, 0.3) is 0 Å². The maximum Gasteiger partial charge on any atom is 0.211 e. The Hall–Kier alpha value is -4.18. The zero-order chi connectivity index (χ0) is 21.8. The lowest BCUT2D eigenvalue weighted by Crippen LogP contribution is -2.32. The van der Waals surface area contributed by atoms with Crippen LogP contribution in [-0.4, -0.2) is 24.2 Å². The summed E-state index contributed by atoms with van der Waals surface area (Å²) in [5.41, 5.74) is 13.6. The normalized spacial score (nSPS) is 15.5. The fourth-order valence-electron chi connectivity index (χ4n) is 3.07. The molecule has 1 aromatic heterocycles. The molecule has 0 amide bonds. The first-order valence-electron chi connectivity index (χ1n) is 9.26. The molecule has 0 saturated carbocycles. The molecule has 0 bridgehead atoms. The molecule has 0 saturated heterocycles. The van der Waals surface area contributed by atoms with E-state index in [0.29, 0.717) is 28.4 Å². The van der Waals surface area contributed by atoms with Gasteiger partial charge in [-0.25, -0.2) is 9.98 Å². The first-order valence-corrected chi connectivity index (χ1v) is 9.26. The Bertz CT molecular complexity index is 1080. The van der Waals surface area contributed by atoms with Gasteiger partial charge in [0.2, 0.25) is 5.96 Å². The van der Waals surface area contributed by atoms with Crippen LogP contribution in [0.3, 0.4) is 0 Å². The van der Waals surface area contributed by atoms with Crippen LogP contribution in [0.1, 0.15) is 43.0 Å². The number of nitrogens with one attached hydrogen (secondary N) is 2. The number of nitrogen functional groups attached to an aromatic ring is 2. The molecule has 6 N–H and O–H groups in total. The Kier molecular flexibility index (Phi) is 5.79. The Morgan fingerprint density at radius 1 is 1.30 bits per heavy atom. The van der Waals surface area contributed by atoms with Crippen molar-refractivity contribution in [1.29, 1.82) is 10.5 Å². The van der Waals surface area contributed by atoms with Gasteiger partial charge in [0.1, 0.15) is 29.3 Å². The number of benzene rings is 1. The Balaban J connectivity index is 2.15. The van der Waals surface area contributed by atoms with Crippen LogP contribution in [0.15, 0.2) is 23.2 Å². The molecular formula is C20H22N8O2. The van der Waals surface area contributed by atoms with Crippen LogP contribution in [0.2, 0.25) is 0 Å². The molecule has 154 valence electrons. The molecule has 3 rings (SSSR count). The van der Waals surface area contributed by atoms with Gasteiger partial charge in [0, 0.05) is 5.56 Å². The Morgan fingerprint density at radius 3 is 2.70 bits per heavy atom. The molecular weight excluding hydrogens is 384 g/mol. The maximum absolute atomic E-state index is 9.42. The highest BCUT2D eigenvalue weighted by Gasteiger charge is 2.30. The fraction of sp³-hybridized carbons (Fsp3) is 0.300. The number of nitrogens with zero attached hydrogens (tertiary/aromatic N) is 4. The lowest BCUT2D eigenvalue weighted by atomic mass is 9.95. The van der Waals surface area contributed by atoms with Gasteiger partial charge < -0.3 is 26.3 Å². The number of nitriles is 2. The lowest BCUT2D eigenvalue weighted by molar-refractivity contribution is 0.207. The van der Waals surface area contributed by atoms with Gasteiger partial charge in [-0.2, -0.15) is 10.5 Å². The van der Waals surface area contributed by atoms with E-state index >= 15 is 0 Å². The number of hydrogen-bond acceptors (Lipinski definition) is 10. The summed E-state index contributed by atoms with van der Waals surface area (Å²) in [7, 11) is 1.55. The highest BCUT2D eigenvalue weighted by atomic mass is 16.5. The van der Waals surface area contributed by atoms with E-state index in [1.54, 1.807) is 19.2 Å². The summed E-state index contributed by atoms with van der Waals surface area (Å²) in [5, 5.41) is 23.8. The van der Waals surface area contributed by atoms with Crippen LogP contribution in [0, 0.1) is 22.8 Å². The molecule has 1 aliphatic heterocycles. The van der Waals surface area contributed by atoms with Crippen molar-refractivity contribution in [3.05, 3.63) is 34.9 Å². The topological polar surface area (TPSA) is 167 Å². The number of rotatable bonds is 5. The third-order valence-corrected chi connectivity index (χ3v) is 4.76. The molecule has 1 aliphatic rings. The number of ether oxygens (including phenoxy) is 2. The van der Waals surface area contributed by atoms with Gasteiger partial charge in [-0.3, -0.25) is 5.32 Å². The molecule has 0 aliphatic carbocycles. The van der Waals surface area contributed by atoms with Gasteiger partial charge in [0.15, 0.2) is 17.7 Å². The van der Waals surface area contributed by atoms with Gasteiger partial charge in [0.05, 0.1) is 18.9 Å². The molecule has 2 atom stereocenters. The number of aliphatic imine (C=N–C) groups is 1. The average Bonchev–Trinajstić information content (AvgIpc) is 2.73. The molecule has 10 nitrogen and oxygen atoms in total. The van der Waals surface area contributed by atoms with Crippen molar-refractivity contribution in [3.63, 3.8) is 0 Å². The minimum atomic E-state index is -0.649. The number of fused-ring (bicyclic) bond motifs is 1. The number of pyridine rings is 1. The summed E-state index contributed by atoms with van der Waals surface area (Å²) in [5.74, 6) is 1.63. The van der Waals surface area contributed by atoms with Crippen molar-refractivity contribution >= 4 is 23.3 Å². The maximum atomic E-state index is 9.42. The predicted octanol–water partition coefficient (Wildman–Crippen LogP) is 2.25. The summed E-state index contributed by atoms with van der Waals surface area (Å²) in [6.07, 6.45) is 2.69. The largest absolute Gasteiger partial charge is 0.493 e. The van der Waals surface area contributed by atoms with Crippen LogP contribution < -0.4 is 31.6 Å². The van der Waals surface area contributed by atoms with Crippen LogP contribution in [0.5, 0.6) is 11.5 Å². The van der Waals surface area contributed by atoms with Crippen LogP contribution >= 0.6 is 0 Å². The molecule has 10 heteroatoms. The van der Waals surface area contributed by atoms with Gasteiger partial charge >= 0.3 is 0 Å². The van der Waals surface area contributed by atoms with Gasteiger partial charge in [-0.05, 0) is 31.0 Å². The van der Waals surface area contributed by atoms with Gasteiger partial charge in [-0.1, -0.05) is 13.0 Å². The number of aromatic nitrogens is 1. The van der Waals surface area contributed by atoms with Gasteiger partial charge in [-0.15, -0.1) is 0 Å². The number of methoxy groups -OCH3 is 1. The quantitative estimate of drug-likeness (QED) is 0.430. The predicted molar refractivity (Wildman–Crippen MR) is 113 cm³/mol. The van der Waals surface area contributed by atoms with E-state index in [2.05, 4.69) is 20.6 Å². The average molecular weight is 406 g/mol. The second kappa shape index (κ2) is 8.45. The number of anilines is 3. The van der Waals surface area contributed by atoms with Crippen molar-refractivity contribution < 1.29 is 9.47 Å². The smallest absolute Gasteiger partial charge is 0.211 e. The first-order chi connectivity index (χ1) is 14.4. The number of nitrogens with two attached hydrogens (primary N) is 2. The van der Waals surface area contributed by atoms with E-state index in [4.69, 9.17) is 26.2 Å². The van der Waals surface area contributed by atoms with Crippen molar-refractivity contribution in [2.45, 2.75) is 32.4 Å². The molecule has 0 fully saturated rings. The zero-order valence-electron chi connectivity index (χ0n) is 16.9. The molecule has 30 heavy (non-hydrogen) atoms. The summed E-state index contributed by atoms with van der Waals surface area (Å²) < 4.78 is 11.4. The third kappa shape index (κ3) is 3.71. The minimum absolute atomic E-state index is 0.00640. The van der Waals surface area contributed by atoms with Crippen LogP contribution in [-0.2, 0) is 0 Å². The van der Waals surface area contributed by atoms with E-state index in [9.17, 15) is 5.26 Å². The van der Waals surface area contributed by atoms with E-state index in [-0.39, 0.29) is 29.1 Å².